The van der Waals surface area contributed by atoms with Gasteiger partial charge in [0.15, 0.2) is 5.78 Å². The third kappa shape index (κ3) is 1.54. The predicted molar refractivity (Wildman–Crippen MR) is 89.0 cm³/mol. The quantitative estimate of drug-likeness (QED) is 0.405. The zero-order valence-electron chi connectivity index (χ0n) is 12.1. The predicted octanol–water partition coefficient (Wildman–Crippen LogP) is 6.04. The van der Waals surface area contributed by atoms with Crippen LogP contribution in [0, 0.1) is 5.41 Å². The fraction of sp³-hybridized carbons (Fsp3) is 0.438. The number of halogens is 4. The highest BCUT2D eigenvalue weighted by Crippen LogP contribution is 2.65. The second-order valence-electron chi connectivity index (χ2n) is 6.32. The molecule has 0 aliphatic heterocycles. The standard InChI is InChI=1S/C16H14Cl4O/c1-6-7(2)15(3)5-8-9(16(15,4)14(6)21)11(18)13(20)12(19)10(8)17/h5H2,1-4H3/t15-,16-/m0/s1. The molecule has 21 heavy (non-hydrogen) atoms. The van der Waals surface area contributed by atoms with Gasteiger partial charge in [0.1, 0.15) is 0 Å². The van der Waals surface area contributed by atoms with Gasteiger partial charge in [-0.05, 0) is 43.9 Å². The SMILES string of the molecule is CC1=C(C)[C@]2(C)Cc3c(Cl)c(Cl)c(Cl)c(Cl)c3[C@@]2(C)C1=O. The van der Waals surface area contributed by atoms with Crippen LogP contribution in [0.5, 0.6) is 0 Å². The van der Waals surface area contributed by atoms with E-state index < -0.39 is 5.41 Å². The zero-order chi connectivity index (χ0) is 15.9. The molecule has 0 N–H and O–H groups in total. The molecule has 1 aromatic carbocycles. The number of allylic oxidation sites excluding steroid dienone is 2. The molecule has 0 bridgehead atoms. The number of hydrogen-bond donors (Lipinski definition) is 0. The van der Waals surface area contributed by atoms with Gasteiger partial charge in [-0.3, -0.25) is 4.79 Å². The third-order valence-corrected chi connectivity index (χ3v) is 7.52. The van der Waals surface area contributed by atoms with Crippen LogP contribution in [-0.2, 0) is 16.6 Å². The van der Waals surface area contributed by atoms with Crippen LogP contribution in [0.25, 0.3) is 0 Å². The van der Waals surface area contributed by atoms with Crippen molar-refractivity contribution >= 4 is 52.2 Å². The molecule has 112 valence electrons. The Labute approximate surface area is 144 Å². The zero-order valence-corrected chi connectivity index (χ0v) is 15.2. The van der Waals surface area contributed by atoms with E-state index in [9.17, 15) is 4.79 Å². The Hall–Kier alpha value is -0.210. The second-order valence-corrected chi connectivity index (χ2v) is 7.83. The van der Waals surface area contributed by atoms with Crippen LogP contribution in [0.3, 0.4) is 0 Å². The maximum absolute atomic E-state index is 12.9. The number of ketones is 1. The molecule has 2 aliphatic rings. The molecule has 0 spiro atoms. The van der Waals surface area contributed by atoms with Gasteiger partial charge in [-0.25, -0.2) is 0 Å². The summed E-state index contributed by atoms with van der Waals surface area (Å²) in [6, 6.07) is 0. The molecule has 1 aromatic rings. The summed E-state index contributed by atoms with van der Waals surface area (Å²) >= 11 is 25.2. The summed E-state index contributed by atoms with van der Waals surface area (Å²) in [4.78, 5) is 12.9. The number of rotatable bonds is 0. The highest BCUT2D eigenvalue weighted by Gasteiger charge is 2.63. The normalized spacial score (nSPS) is 31.0. The molecule has 5 heteroatoms. The van der Waals surface area contributed by atoms with E-state index in [1.165, 1.54) is 0 Å². The van der Waals surface area contributed by atoms with E-state index in [-0.39, 0.29) is 21.2 Å². The summed E-state index contributed by atoms with van der Waals surface area (Å²) < 4.78 is 0. The molecule has 1 nitrogen and oxygen atoms in total. The average Bonchev–Trinajstić information content (AvgIpc) is 2.76. The maximum atomic E-state index is 12.9. The van der Waals surface area contributed by atoms with E-state index in [2.05, 4.69) is 6.92 Å². The first-order valence-corrected chi connectivity index (χ1v) is 8.18. The van der Waals surface area contributed by atoms with Crippen LogP contribution in [0.1, 0.15) is 38.8 Å². The molecular weight excluding hydrogens is 350 g/mol. The fourth-order valence-electron chi connectivity index (χ4n) is 4.00. The number of carbonyl (C=O) groups is 1. The van der Waals surface area contributed by atoms with Crippen molar-refractivity contribution in [2.75, 3.05) is 0 Å². The fourth-order valence-corrected chi connectivity index (χ4v) is 5.15. The molecule has 2 atom stereocenters. The number of hydrogen-bond acceptors (Lipinski definition) is 1. The lowest BCUT2D eigenvalue weighted by molar-refractivity contribution is -0.121. The van der Waals surface area contributed by atoms with E-state index in [4.69, 9.17) is 46.4 Å². The molecular formula is C16H14Cl4O. The van der Waals surface area contributed by atoms with E-state index >= 15 is 0 Å². The minimum atomic E-state index is -0.731. The van der Waals surface area contributed by atoms with Gasteiger partial charge in [-0.15, -0.1) is 0 Å². The van der Waals surface area contributed by atoms with Crippen LogP contribution in [0.4, 0.5) is 0 Å². The molecule has 0 fully saturated rings. The van der Waals surface area contributed by atoms with Crippen LogP contribution in [-0.4, -0.2) is 5.78 Å². The van der Waals surface area contributed by atoms with Gasteiger partial charge in [0.05, 0.1) is 25.5 Å². The van der Waals surface area contributed by atoms with Crippen molar-refractivity contribution in [3.63, 3.8) is 0 Å². The van der Waals surface area contributed by atoms with Crippen molar-refractivity contribution in [2.24, 2.45) is 5.41 Å². The average molecular weight is 364 g/mol. The Morgan fingerprint density at radius 1 is 0.905 bits per heavy atom. The number of Topliss-reactive ketones (excluding diaryl/α,β-unsaturated/α-hetero) is 1. The van der Waals surface area contributed by atoms with Gasteiger partial charge in [-0.1, -0.05) is 58.9 Å². The minimum Gasteiger partial charge on any atom is -0.294 e. The molecule has 0 saturated heterocycles. The summed E-state index contributed by atoms with van der Waals surface area (Å²) in [6.07, 6.45) is 0.642. The third-order valence-electron chi connectivity index (χ3n) is 5.68. The van der Waals surface area contributed by atoms with Gasteiger partial charge in [0, 0.05) is 5.41 Å². The monoisotopic (exact) mass is 362 g/mol. The van der Waals surface area contributed by atoms with Gasteiger partial charge in [0.2, 0.25) is 0 Å². The lowest BCUT2D eigenvalue weighted by atomic mass is 9.65. The largest absolute Gasteiger partial charge is 0.294 e. The summed E-state index contributed by atoms with van der Waals surface area (Å²) in [5.41, 5.74) is 2.42. The molecule has 0 unspecified atom stereocenters. The van der Waals surface area contributed by atoms with E-state index in [0.29, 0.717) is 16.5 Å². The Kier molecular flexibility index (Phi) is 3.29. The molecule has 2 aliphatic carbocycles. The van der Waals surface area contributed by atoms with E-state index in [1.54, 1.807) is 0 Å². The highest BCUT2D eigenvalue weighted by molar-refractivity contribution is 6.52. The van der Waals surface area contributed by atoms with Gasteiger partial charge in [0.25, 0.3) is 0 Å². The highest BCUT2D eigenvalue weighted by atomic mass is 35.5. The van der Waals surface area contributed by atoms with Crippen LogP contribution in [0.2, 0.25) is 20.1 Å². The van der Waals surface area contributed by atoms with Gasteiger partial charge >= 0.3 is 0 Å². The first-order chi connectivity index (χ1) is 9.59. The first-order valence-electron chi connectivity index (χ1n) is 6.67. The van der Waals surface area contributed by atoms with Gasteiger partial charge < -0.3 is 0 Å². The summed E-state index contributed by atoms with van der Waals surface area (Å²) in [5.74, 6) is 0.0950. The topological polar surface area (TPSA) is 17.1 Å². The summed E-state index contributed by atoms with van der Waals surface area (Å²) in [6.45, 7) is 7.91. The van der Waals surface area contributed by atoms with Crippen LogP contribution < -0.4 is 0 Å². The first kappa shape index (κ1) is 15.7. The lowest BCUT2D eigenvalue weighted by Gasteiger charge is -2.36. The van der Waals surface area contributed by atoms with Crippen molar-refractivity contribution in [2.45, 2.75) is 39.5 Å². The van der Waals surface area contributed by atoms with Crippen LogP contribution in [0.15, 0.2) is 11.1 Å². The molecule has 0 radical (unpaired) electrons. The maximum Gasteiger partial charge on any atom is 0.169 e. The Morgan fingerprint density at radius 3 is 2.00 bits per heavy atom. The molecule has 0 amide bonds. The number of carbonyl (C=O) groups excluding carboxylic acids is 1. The Bertz CT molecular complexity index is 749. The van der Waals surface area contributed by atoms with E-state index in [0.717, 1.165) is 22.3 Å². The molecule has 3 rings (SSSR count). The summed E-state index contributed by atoms with van der Waals surface area (Å²) in [5, 5.41) is 1.25. The smallest absolute Gasteiger partial charge is 0.169 e. The number of benzene rings is 1. The Morgan fingerprint density at radius 2 is 1.43 bits per heavy atom. The van der Waals surface area contributed by atoms with Crippen molar-refractivity contribution in [3.8, 4) is 0 Å². The minimum absolute atomic E-state index is 0.0950. The van der Waals surface area contributed by atoms with E-state index in [1.807, 2.05) is 20.8 Å². The lowest BCUT2D eigenvalue weighted by Crippen LogP contribution is -2.40. The van der Waals surface area contributed by atoms with Crippen molar-refractivity contribution in [1.82, 2.24) is 0 Å². The molecule has 0 saturated carbocycles. The number of fused-ring (bicyclic) bond motifs is 3. The van der Waals surface area contributed by atoms with Crippen molar-refractivity contribution in [3.05, 3.63) is 42.4 Å². The second kappa shape index (κ2) is 4.41. The molecule has 0 heterocycles. The van der Waals surface area contributed by atoms with Crippen molar-refractivity contribution in [1.29, 1.82) is 0 Å². The summed E-state index contributed by atoms with van der Waals surface area (Å²) in [7, 11) is 0. The van der Waals surface area contributed by atoms with Gasteiger partial charge in [-0.2, -0.15) is 0 Å². The molecule has 0 aromatic heterocycles. The Balaban J connectivity index is 2.44. The van der Waals surface area contributed by atoms with Crippen molar-refractivity contribution < 1.29 is 4.79 Å². The van der Waals surface area contributed by atoms with Crippen LogP contribution >= 0.6 is 46.4 Å².